The van der Waals surface area contributed by atoms with Crippen LogP contribution in [0, 0.1) is 0 Å². The normalized spacial score (nSPS) is 28.5. The summed E-state index contributed by atoms with van der Waals surface area (Å²) in [6.45, 7) is 3.06. The van der Waals surface area contributed by atoms with Gasteiger partial charge in [-0.3, -0.25) is 4.57 Å². The fourth-order valence-electron chi connectivity index (χ4n) is 2.81. The molecular weight excluding hydrogens is 315 g/mol. The molecule has 2 aromatic rings. The van der Waals surface area contributed by atoms with E-state index in [1.54, 1.807) is 16.8 Å². The van der Waals surface area contributed by atoms with Gasteiger partial charge in [0.25, 0.3) is 0 Å². The average Bonchev–Trinajstić information content (AvgIpc) is 3.01. The van der Waals surface area contributed by atoms with Crippen molar-refractivity contribution in [2.75, 3.05) is 25.2 Å². The first-order valence-corrected chi connectivity index (χ1v) is 10.6. The van der Waals surface area contributed by atoms with Gasteiger partial charge >= 0.3 is 0 Å². The number of anilines is 1. The summed E-state index contributed by atoms with van der Waals surface area (Å²) < 4.78 is 7.53. The Balaban J connectivity index is 1.85. The number of hydrogen-bond donors (Lipinski definition) is 3. The Kier molecular flexibility index (Phi) is 4.23. The first-order chi connectivity index (χ1) is 10.8. The number of rotatable bonds is 4. The van der Waals surface area contributed by atoms with Crippen LogP contribution in [-0.4, -0.2) is 68.9 Å². The number of imidazole rings is 1. The van der Waals surface area contributed by atoms with E-state index in [2.05, 4.69) is 29.6 Å². The van der Waals surface area contributed by atoms with Gasteiger partial charge in [-0.05, 0) is 32.0 Å². The van der Waals surface area contributed by atoms with Gasteiger partial charge < -0.3 is 20.7 Å². The Morgan fingerprint density at radius 1 is 1.35 bits per heavy atom. The largest absolute Gasteiger partial charge is 0.397 e. The fraction of sp³-hybridized carbons (Fsp3) is 0.533. The zero-order chi connectivity index (χ0) is 16.8. The summed E-state index contributed by atoms with van der Waals surface area (Å²) >= 11 is 0. The highest BCUT2D eigenvalue weighted by molar-refractivity contribution is 7.72. The van der Waals surface area contributed by atoms with Crippen LogP contribution in [0.1, 0.15) is 12.6 Å². The average molecular weight is 338 g/mol. The molecule has 4 atom stereocenters. The second-order valence-corrected chi connectivity index (χ2v) is 11.0. The summed E-state index contributed by atoms with van der Waals surface area (Å²) in [5, 5.41) is 20.7. The number of nitrogens with zero attached hydrogens (tertiary/aromatic N) is 3. The van der Waals surface area contributed by atoms with Crippen molar-refractivity contribution in [2.24, 2.45) is 0 Å². The SMILES string of the molecule is C=P(C)(C)CC[C@H]1OC(n2cnc3c(N)ccnc32)[C@H](O)[C@@H]1O. The lowest BCUT2D eigenvalue weighted by molar-refractivity contribution is -0.0353. The summed E-state index contributed by atoms with van der Waals surface area (Å²) in [6, 6.07) is 1.67. The highest BCUT2D eigenvalue weighted by Gasteiger charge is 2.44. The molecule has 126 valence electrons. The summed E-state index contributed by atoms with van der Waals surface area (Å²) in [7, 11) is 0. The zero-order valence-electron chi connectivity index (χ0n) is 13.3. The minimum atomic E-state index is -1.21. The summed E-state index contributed by atoms with van der Waals surface area (Å²) in [5.74, 6) is 0. The van der Waals surface area contributed by atoms with E-state index >= 15 is 0 Å². The number of fused-ring (bicyclic) bond motifs is 1. The number of aromatic nitrogens is 3. The van der Waals surface area contributed by atoms with Crippen molar-refractivity contribution in [2.45, 2.75) is 31.0 Å². The third-order valence-corrected chi connectivity index (χ3v) is 5.59. The molecule has 1 unspecified atom stereocenters. The van der Waals surface area contributed by atoms with Gasteiger partial charge in [-0.25, -0.2) is 9.97 Å². The quantitative estimate of drug-likeness (QED) is 0.710. The van der Waals surface area contributed by atoms with E-state index in [0.717, 1.165) is 6.16 Å². The second-order valence-electron chi connectivity index (χ2n) is 6.72. The topological polar surface area (TPSA) is 106 Å². The van der Waals surface area contributed by atoms with Gasteiger partial charge in [-0.1, -0.05) is 0 Å². The van der Waals surface area contributed by atoms with E-state index in [9.17, 15) is 10.2 Å². The predicted molar refractivity (Wildman–Crippen MR) is 93.2 cm³/mol. The summed E-state index contributed by atoms with van der Waals surface area (Å²) in [5.41, 5.74) is 7.49. The number of nitrogens with two attached hydrogens (primary N) is 1. The highest BCUT2D eigenvalue weighted by atomic mass is 31.2. The minimum absolute atomic E-state index is 0.422. The molecule has 0 radical (unpaired) electrons. The van der Waals surface area contributed by atoms with Crippen LogP contribution < -0.4 is 5.73 Å². The molecule has 23 heavy (non-hydrogen) atoms. The molecule has 1 aliphatic rings. The number of ether oxygens (including phenoxy) is 1. The van der Waals surface area contributed by atoms with Crippen LogP contribution in [0.5, 0.6) is 0 Å². The standard InChI is InChI=1S/C15H23N4O3P/c1-23(2,3)7-5-10-12(20)13(21)15(22-10)19-8-18-11-9(16)4-6-17-14(11)19/h4,6,8,10,12-13,15,20-21H,1,5,7H2,2-3H3,(H2,16,17)/t10-,12-,13-,15?/m1/s1. The van der Waals surface area contributed by atoms with Gasteiger partial charge in [-0.2, -0.15) is 0 Å². The molecule has 1 aliphatic heterocycles. The first kappa shape index (κ1) is 16.5. The Morgan fingerprint density at radius 3 is 2.78 bits per heavy atom. The van der Waals surface area contributed by atoms with Crippen LogP contribution in [0.15, 0.2) is 18.6 Å². The maximum absolute atomic E-state index is 10.4. The molecular formula is C15H23N4O3P. The van der Waals surface area contributed by atoms with Gasteiger partial charge in [-0.15, -0.1) is 13.2 Å². The molecule has 0 aliphatic carbocycles. The predicted octanol–water partition coefficient (Wildman–Crippen LogP) is 0.732. The number of aliphatic hydroxyl groups is 2. The molecule has 2 aromatic heterocycles. The van der Waals surface area contributed by atoms with E-state index in [0.29, 0.717) is 23.3 Å². The Hall–Kier alpha value is -1.40. The summed E-state index contributed by atoms with van der Waals surface area (Å²) in [6.07, 6.45) is 5.73. The van der Waals surface area contributed by atoms with Gasteiger partial charge in [0.15, 0.2) is 11.9 Å². The molecule has 0 aromatic carbocycles. The molecule has 0 bridgehead atoms. The Morgan fingerprint density at radius 2 is 2.09 bits per heavy atom. The molecule has 1 saturated heterocycles. The van der Waals surface area contributed by atoms with Gasteiger partial charge in [0.1, 0.15) is 17.7 Å². The van der Waals surface area contributed by atoms with E-state index < -0.39 is 31.4 Å². The first-order valence-electron chi connectivity index (χ1n) is 7.54. The number of aliphatic hydroxyl groups excluding tert-OH is 2. The van der Waals surface area contributed by atoms with Crippen molar-refractivity contribution in [3.05, 3.63) is 18.6 Å². The number of hydrogen-bond acceptors (Lipinski definition) is 6. The Labute approximate surface area is 135 Å². The molecule has 8 heteroatoms. The monoisotopic (exact) mass is 338 g/mol. The van der Waals surface area contributed by atoms with Crippen molar-refractivity contribution < 1.29 is 14.9 Å². The Bertz CT molecular complexity index is 756. The van der Waals surface area contributed by atoms with Crippen LogP contribution >= 0.6 is 6.89 Å². The van der Waals surface area contributed by atoms with Crippen molar-refractivity contribution in [1.29, 1.82) is 0 Å². The molecule has 0 spiro atoms. The van der Waals surface area contributed by atoms with E-state index in [-0.39, 0.29) is 0 Å². The molecule has 3 rings (SSSR count). The lowest BCUT2D eigenvalue weighted by Crippen LogP contribution is -2.31. The smallest absolute Gasteiger partial charge is 0.165 e. The van der Waals surface area contributed by atoms with Crippen LogP contribution in [0.3, 0.4) is 0 Å². The molecule has 1 fully saturated rings. The van der Waals surface area contributed by atoms with Crippen LogP contribution in [0.2, 0.25) is 0 Å². The molecule has 0 saturated carbocycles. The highest BCUT2D eigenvalue weighted by Crippen LogP contribution is 2.40. The van der Waals surface area contributed by atoms with Crippen molar-refractivity contribution in [1.82, 2.24) is 14.5 Å². The van der Waals surface area contributed by atoms with Crippen molar-refractivity contribution in [3.63, 3.8) is 0 Å². The van der Waals surface area contributed by atoms with E-state index in [1.165, 1.54) is 6.33 Å². The van der Waals surface area contributed by atoms with Crippen molar-refractivity contribution >= 4 is 30.0 Å². The lowest BCUT2D eigenvalue weighted by Gasteiger charge is -2.18. The van der Waals surface area contributed by atoms with Crippen LogP contribution in [-0.2, 0) is 4.74 Å². The maximum atomic E-state index is 10.4. The number of nitrogen functional groups attached to an aromatic ring is 1. The maximum Gasteiger partial charge on any atom is 0.165 e. The lowest BCUT2D eigenvalue weighted by atomic mass is 10.1. The van der Waals surface area contributed by atoms with Gasteiger partial charge in [0.05, 0.1) is 18.1 Å². The minimum Gasteiger partial charge on any atom is -0.397 e. The molecule has 0 amide bonds. The van der Waals surface area contributed by atoms with E-state index in [1.807, 2.05) is 0 Å². The third-order valence-electron chi connectivity index (χ3n) is 4.12. The van der Waals surface area contributed by atoms with E-state index in [4.69, 9.17) is 10.5 Å². The van der Waals surface area contributed by atoms with Gasteiger partial charge in [0.2, 0.25) is 0 Å². The third kappa shape index (κ3) is 3.15. The molecule has 7 nitrogen and oxygen atoms in total. The molecule has 4 N–H and O–H groups in total. The molecule has 3 heterocycles. The fourth-order valence-corrected chi connectivity index (χ4v) is 3.77. The second kappa shape index (κ2) is 5.91. The summed E-state index contributed by atoms with van der Waals surface area (Å²) in [4.78, 5) is 8.49. The van der Waals surface area contributed by atoms with Crippen LogP contribution in [0.4, 0.5) is 5.69 Å². The van der Waals surface area contributed by atoms with Crippen molar-refractivity contribution in [3.8, 4) is 0 Å². The van der Waals surface area contributed by atoms with Gasteiger partial charge in [0, 0.05) is 6.20 Å². The number of pyridine rings is 1. The zero-order valence-corrected chi connectivity index (χ0v) is 14.2. The van der Waals surface area contributed by atoms with Crippen LogP contribution in [0.25, 0.3) is 11.2 Å².